The van der Waals surface area contributed by atoms with Crippen molar-refractivity contribution in [2.45, 2.75) is 10.6 Å². The number of hydrazine groups is 1. The molecule has 0 saturated heterocycles. The van der Waals surface area contributed by atoms with E-state index in [9.17, 15) is 13.2 Å². The molecule has 1 amide bonds. The first-order valence-corrected chi connectivity index (χ1v) is 14.8. The molecular formula is C33H28N4O3S. The van der Waals surface area contributed by atoms with E-state index in [4.69, 9.17) is 4.98 Å². The highest BCUT2D eigenvalue weighted by Gasteiger charge is 2.20. The first-order valence-electron chi connectivity index (χ1n) is 13.2. The summed E-state index contributed by atoms with van der Waals surface area (Å²) in [5.74, 6) is -0.294. The van der Waals surface area contributed by atoms with Gasteiger partial charge in [-0.1, -0.05) is 66.7 Å². The normalized spacial score (nSPS) is 11.8. The summed E-state index contributed by atoms with van der Waals surface area (Å²) < 4.78 is 26.3. The molecule has 2 heterocycles. The fourth-order valence-electron chi connectivity index (χ4n) is 5.12. The Balaban J connectivity index is 1.51. The summed E-state index contributed by atoms with van der Waals surface area (Å²) in [4.78, 5) is 21.0. The lowest BCUT2D eigenvalue weighted by Gasteiger charge is -2.14. The van der Waals surface area contributed by atoms with Crippen molar-refractivity contribution in [3.63, 3.8) is 0 Å². The predicted octanol–water partition coefficient (Wildman–Crippen LogP) is 6.23. The largest absolute Gasteiger partial charge is 0.339 e. The predicted molar refractivity (Wildman–Crippen MR) is 163 cm³/mol. The zero-order valence-electron chi connectivity index (χ0n) is 22.6. The molecule has 0 bridgehead atoms. The molecule has 2 N–H and O–H groups in total. The maximum absolute atomic E-state index is 13.2. The average Bonchev–Trinajstić information content (AvgIpc) is 3.35. The molecule has 6 aromatic rings. The number of carbonyl (C=O) groups is 1. The molecule has 0 aliphatic carbocycles. The third-order valence-corrected chi connectivity index (χ3v) is 8.69. The van der Waals surface area contributed by atoms with E-state index in [1.807, 2.05) is 54.7 Å². The molecule has 0 unspecified atom stereocenters. The molecule has 0 saturated carbocycles. The Hall–Kier alpha value is -4.79. The molecular weight excluding hydrogens is 532 g/mol. The van der Waals surface area contributed by atoms with Gasteiger partial charge in [0.25, 0.3) is 5.91 Å². The quantitative estimate of drug-likeness (QED) is 0.226. The van der Waals surface area contributed by atoms with Crippen molar-refractivity contribution in [3.05, 3.63) is 120 Å². The SMILES string of the molecule is CN(C)NC(=O)c1ccc(-c2cnc3[nH]c4ccc(CS(=O)(=O)c5ccccc5)cc4c3c2-c2ccccc2)cc1. The number of hydrogen-bond acceptors (Lipinski definition) is 5. The minimum absolute atomic E-state index is 0.107. The molecule has 0 aliphatic rings. The van der Waals surface area contributed by atoms with E-state index in [0.29, 0.717) is 21.7 Å². The van der Waals surface area contributed by atoms with Gasteiger partial charge in [0.15, 0.2) is 9.84 Å². The van der Waals surface area contributed by atoms with E-state index in [-0.39, 0.29) is 11.7 Å². The number of aromatic amines is 1. The zero-order valence-corrected chi connectivity index (χ0v) is 23.4. The second kappa shape index (κ2) is 10.6. The lowest BCUT2D eigenvalue weighted by molar-refractivity contribution is 0.0857. The fraction of sp³-hybridized carbons (Fsp3) is 0.0909. The fourth-order valence-corrected chi connectivity index (χ4v) is 6.47. The number of rotatable bonds is 7. The number of carbonyl (C=O) groups excluding carboxylic acids is 1. The molecule has 0 fully saturated rings. The molecule has 0 aliphatic heterocycles. The van der Waals surface area contributed by atoms with Crippen molar-refractivity contribution in [1.82, 2.24) is 20.4 Å². The molecule has 2 aromatic heterocycles. The summed E-state index contributed by atoms with van der Waals surface area (Å²) >= 11 is 0. The molecule has 0 radical (unpaired) electrons. The Kier molecular flexibility index (Phi) is 6.86. The van der Waals surface area contributed by atoms with E-state index < -0.39 is 9.84 Å². The Labute approximate surface area is 238 Å². The van der Waals surface area contributed by atoms with Crippen LogP contribution in [0.2, 0.25) is 0 Å². The highest BCUT2D eigenvalue weighted by molar-refractivity contribution is 7.90. The van der Waals surface area contributed by atoms with Crippen molar-refractivity contribution < 1.29 is 13.2 Å². The van der Waals surface area contributed by atoms with Crippen LogP contribution in [-0.4, -0.2) is 43.4 Å². The first kappa shape index (κ1) is 26.4. The van der Waals surface area contributed by atoms with Gasteiger partial charge in [0.05, 0.1) is 10.6 Å². The van der Waals surface area contributed by atoms with Gasteiger partial charge in [0.2, 0.25) is 0 Å². The molecule has 204 valence electrons. The zero-order chi connectivity index (χ0) is 28.6. The van der Waals surface area contributed by atoms with Crippen LogP contribution in [0.1, 0.15) is 15.9 Å². The molecule has 0 spiro atoms. The van der Waals surface area contributed by atoms with Crippen LogP contribution in [0.4, 0.5) is 0 Å². The second-order valence-electron chi connectivity index (χ2n) is 10.1. The van der Waals surface area contributed by atoms with Crippen molar-refractivity contribution in [2.75, 3.05) is 14.1 Å². The van der Waals surface area contributed by atoms with E-state index in [1.165, 1.54) is 0 Å². The molecule has 8 heteroatoms. The van der Waals surface area contributed by atoms with Gasteiger partial charge in [-0.3, -0.25) is 10.2 Å². The molecule has 0 atom stereocenters. The summed E-state index contributed by atoms with van der Waals surface area (Å²) in [6, 6.07) is 31.7. The van der Waals surface area contributed by atoms with Crippen LogP contribution in [0.15, 0.2) is 114 Å². The monoisotopic (exact) mass is 560 g/mol. The molecule has 41 heavy (non-hydrogen) atoms. The second-order valence-corrected chi connectivity index (χ2v) is 12.1. The van der Waals surface area contributed by atoms with E-state index in [0.717, 1.165) is 38.5 Å². The topological polar surface area (TPSA) is 95.2 Å². The molecule has 4 aromatic carbocycles. The highest BCUT2D eigenvalue weighted by Crippen LogP contribution is 2.41. The smallest absolute Gasteiger partial charge is 0.265 e. The number of hydrogen-bond donors (Lipinski definition) is 2. The van der Waals surface area contributed by atoms with Crippen LogP contribution in [0, 0.1) is 0 Å². The molecule has 6 rings (SSSR count). The molecule has 7 nitrogen and oxygen atoms in total. The van der Waals surface area contributed by atoms with Gasteiger partial charge in [-0.25, -0.2) is 18.4 Å². The van der Waals surface area contributed by atoms with Gasteiger partial charge < -0.3 is 4.98 Å². The Morgan fingerprint density at radius 3 is 2.22 bits per heavy atom. The first-order chi connectivity index (χ1) is 19.8. The summed E-state index contributed by atoms with van der Waals surface area (Å²) in [6.45, 7) is 0. The van der Waals surface area contributed by atoms with Crippen LogP contribution in [0.5, 0.6) is 0 Å². The van der Waals surface area contributed by atoms with Crippen LogP contribution in [0.3, 0.4) is 0 Å². The van der Waals surface area contributed by atoms with Gasteiger partial charge >= 0.3 is 0 Å². The average molecular weight is 561 g/mol. The number of nitrogens with one attached hydrogen (secondary N) is 2. The van der Waals surface area contributed by atoms with Gasteiger partial charge in [0, 0.05) is 53.3 Å². The summed E-state index contributed by atoms with van der Waals surface area (Å²) in [5.41, 5.74) is 9.41. The number of H-pyrrole nitrogens is 1. The summed E-state index contributed by atoms with van der Waals surface area (Å²) in [5, 5.41) is 3.42. The van der Waals surface area contributed by atoms with Crippen molar-refractivity contribution in [2.24, 2.45) is 0 Å². The number of benzene rings is 4. The standard InChI is InChI=1S/C33H28N4O3S/c1-37(2)36-33(38)25-16-14-23(15-17-25)28-20-34-32-31(30(28)24-9-5-3-6-10-24)27-19-22(13-18-29(27)35-32)21-41(39,40)26-11-7-4-8-12-26/h3-20H,21H2,1-2H3,(H,34,35)(H,36,38). The van der Waals surface area contributed by atoms with Crippen molar-refractivity contribution in [3.8, 4) is 22.3 Å². The van der Waals surface area contributed by atoms with Crippen LogP contribution in [-0.2, 0) is 15.6 Å². The number of nitrogens with zero attached hydrogens (tertiary/aromatic N) is 2. The van der Waals surface area contributed by atoms with Gasteiger partial charge in [-0.05, 0) is 53.1 Å². The van der Waals surface area contributed by atoms with E-state index in [2.05, 4.69) is 22.5 Å². The van der Waals surface area contributed by atoms with Crippen LogP contribution < -0.4 is 5.43 Å². The van der Waals surface area contributed by atoms with E-state index in [1.54, 1.807) is 61.6 Å². The Bertz CT molecular complexity index is 1980. The minimum atomic E-state index is -3.51. The number of aromatic nitrogens is 2. The number of fused-ring (bicyclic) bond motifs is 3. The lowest BCUT2D eigenvalue weighted by Crippen LogP contribution is -2.36. The number of sulfone groups is 1. The van der Waals surface area contributed by atoms with Crippen LogP contribution in [0.25, 0.3) is 44.2 Å². The third kappa shape index (κ3) is 5.23. The summed E-state index contributed by atoms with van der Waals surface area (Å²) in [6.07, 6.45) is 1.84. The number of pyridine rings is 1. The Morgan fingerprint density at radius 1 is 0.854 bits per heavy atom. The Morgan fingerprint density at radius 2 is 1.54 bits per heavy atom. The maximum atomic E-state index is 13.2. The van der Waals surface area contributed by atoms with Crippen LogP contribution >= 0.6 is 0 Å². The number of amides is 1. The lowest BCUT2D eigenvalue weighted by atomic mass is 9.92. The van der Waals surface area contributed by atoms with Gasteiger partial charge in [0.1, 0.15) is 5.65 Å². The maximum Gasteiger partial charge on any atom is 0.265 e. The van der Waals surface area contributed by atoms with Gasteiger partial charge in [-0.15, -0.1) is 0 Å². The summed E-state index contributed by atoms with van der Waals surface area (Å²) in [7, 11) is 0.0216. The van der Waals surface area contributed by atoms with Gasteiger partial charge in [-0.2, -0.15) is 0 Å². The van der Waals surface area contributed by atoms with Crippen molar-refractivity contribution in [1.29, 1.82) is 0 Å². The highest BCUT2D eigenvalue weighted by atomic mass is 32.2. The third-order valence-electron chi connectivity index (χ3n) is 6.99. The van der Waals surface area contributed by atoms with Crippen molar-refractivity contribution >= 4 is 37.7 Å². The minimum Gasteiger partial charge on any atom is -0.339 e. The van der Waals surface area contributed by atoms with E-state index >= 15 is 0 Å².